The van der Waals surface area contributed by atoms with E-state index in [1.807, 2.05) is 6.92 Å². The summed E-state index contributed by atoms with van der Waals surface area (Å²) in [6.45, 7) is 5.64. The molecule has 0 aliphatic carbocycles. The average Bonchev–Trinajstić information content (AvgIpc) is 3.11. The van der Waals surface area contributed by atoms with Gasteiger partial charge in [0.05, 0.1) is 16.7 Å². The summed E-state index contributed by atoms with van der Waals surface area (Å²) in [7, 11) is -3.60. The third kappa shape index (κ3) is 3.87. The molecule has 3 rings (SSSR count). The Morgan fingerprint density at radius 2 is 2.16 bits per heavy atom. The largest absolute Gasteiger partial charge is 0.392 e. The number of sulfonamides is 1. The Labute approximate surface area is 146 Å². The molecule has 1 saturated heterocycles. The summed E-state index contributed by atoms with van der Waals surface area (Å²) in [4.78, 5) is 2.32. The number of benzene rings is 1. The van der Waals surface area contributed by atoms with E-state index in [9.17, 15) is 13.5 Å². The molecule has 10 heteroatoms. The third-order valence-corrected chi connectivity index (χ3v) is 6.16. The van der Waals surface area contributed by atoms with Crippen LogP contribution in [0.15, 0.2) is 35.5 Å². The number of hydrogen-bond donors (Lipinski definition) is 1. The highest BCUT2D eigenvalue weighted by atomic mass is 32.2. The van der Waals surface area contributed by atoms with Crippen molar-refractivity contribution in [1.82, 2.24) is 29.4 Å². The lowest BCUT2D eigenvalue weighted by atomic mass is 10.2. The lowest BCUT2D eigenvalue weighted by Gasteiger charge is -2.39. The minimum absolute atomic E-state index is 0.0424. The molecule has 1 aromatic carbocycles. The Bertz CT molecular complexity index is 808. The normalized spacial score (nSPS) is 21.3. The van der Waals surface area contributed by atoms with Gasteiger partial charge >= 0.3 is 0 Å². The van der Waals surface area contributed by atoms with Crippen LogP contribution in [0.25, 0.3) is 5.69 Å². The van der Waals surface area contributed by atoms with E-state index >= 15 is 0 Å². The molecule has 0 saturated carbocycles. The first-order chi connectivity index (χ1) is 11.9. The van der Waals surface area contributed by atoms with Gasteiger partial charge in [-0.1, -0.05) is 6.07 Å². The second-order valence-corrected chi connectivity index (χ2v) is 8.25. The van der Waals surface area contributed by atoms with Gasteiger partial charge in [-0.2, -0.15) is 4.31 Å². The minimum atomic E-state index is -3.60. The molecule has 136 valence electrons. The van der Waals surface area contributed by atoms with E-state index in [2.05, 4.69) is 20.4 Å². The number of aliphatic hydroxyl groups is 1. The van der Waals surface area contributed by atoms with Gasteiger partial charge in [0.1, 0.15) is 6.33 Å². The quantitative estimate of drug-likeness (QED) is 0.777. The van der Waals surface area contributed by atoms with Crippen molar-refractivity contribution in [2.45, 2.75) is 30.9 Å². The lowest BCUT2D eigenvalue weighted by Crippen LogP contribution is -2.54. The monoisotopic (exact) mass is 366 g/mol. The van der Waals surface area contributed by atoms with E-state index in [1.165, 1.54) is 15.3 Å². The SMILES string of the molecule is C[C@H](O)CN1CCN(S(=O)(=O)c2cccc(-n3cnnn3)c2)C[C@H]1C. The number of β-amino-alcohol motifs (C(OH)–C–C–N with tert-alkyl or cyclic N) is 1. The van der Waals surface area contributed by atoms with Crippen LogP contribution in [-0.4, -0.2) is 81.3 Å². The average molecular weight is 366 g/mol. The summed E-state index contributed by atoms with van der Waals surface area (Å²) in [6, 6.07) is 6.62. The second kappa shape index (κ2) is 7.16. The molecule has 0 unspecified atom stereocenters. The smallest absolute Gasteiger partial charge is 0.243 e. The standard InChI is InChI=1S/C15H22N6O3S/c1-12-9-20(7-6-19(12)10-13(2)22)25(23,24)15-5-3-4-14(8-15)21-11-16-17-18-21/h3-5,8,11-13,22H,6-7,9-10H2,1-2H3/t12-,13+/m1/s1. The zero-order chi connectivity index (χ0) is 18.0. The number of aliphatic hydroxyl groups excluding tert-OH is 1. The van der Waals surface area contributed by atoms with Crippen LogP contribution in [0.5, 0.6) is 0 Å². The Morgan fingerprint density at radius 1 is 1.36 bits per heavy atom. The van der Waals surface area contributed by atoms with Crippen LogP contribution in [0, 0.1) is 0 Å². The fraction of sp³-hybridized carbons (Fsp3) is 0.533. The Balaban J connectivity index is 1.80. The van der Waals surface area contributed by atoms with Crippen molar-refractivity contribution in [2.24, 2.45) is 0 Å². The van der Waals surface area contributed by atoms with Crippen molar-refractivity contribution < 1.29 is 13.5 Å². The number of tetrazole rings is 1. The molecule has 0 spiro atoms. The predicted molar refractivity (Wildman–Crippen MR) is 90.6 cm³/mol. The van der Waals surface area contributed by atoms with Crippen LogP contribution >= 0.6 is 0 Å². The highest BCUT2D eigenvalue weighted by molar-refractivity contribution is 7.89. The van der Waals surface area contributed by atoms with Gasteiger partial charge in [0.15, 0.2) is 0 Å². The number of nitrogens with zero attached hydrogens (tertiary/aromatic N) is 6. The topological polar surface area (TPSA) is 104 Å². The van der Waals surface area contributed by atoms with Crippen LogP contribution in [0.4, 0.5) is 0 Å². The van der Waals surface area contributed by atoms with Crippen molar-refractivity contribution in [1.29, 1.82) is 0 Å². The first-order valence-electron chi connectivity index (χ1n) is 8.13. The molecule has 0 radical (unpaired) electrons. The van der Waals surface area contributed by atoms with Crippen LogP contribution in [-0.2, 0) is 10.0 Å². The molecule has 1 aliphatic rings. The van der Waals surface area contributed by atoms with Gasteiger partial charge in [-0.15, -0.1) is 5.10 Å². The molecular weight excluding hydrogens is 344 g/mol. The van der Waals surface area contributed by atoms with E-state index in [-0.39, 0.29) is 10.9 Å². The third-order valence-electron chi connectivity index (χ3n) is 4.30. The van der Waals surface area contributed by atoms with Crippen molar-refractivity contribution in [3.8, 4) is 5.69 Å². The van der Waals surface area contributed by atoms with E-state index in [0.29, 0.717) is 31.9 Å². The van der Waals surface area contributed by atoms with Crippen molar-refractivity contribution in [2.75, 3.05) is 26.2 Å². The summed E-state index contributed by atoms with van der Waals surface area (Å²) >= 11 is 0. The molecule has 1 N–H and O–H groups in total. The van der Waals surface area contributed by atoms with E-state index < -0.39 is 16.1 Å². The van der Waals surface area contributed by atoms with Gasteiger partial charge in [-0.05, 0) is 42.5 Å². The molecule has 0 amide bonds. The van der Waals surface area contributed by atoms with E-state index in [0.717, 1.165) is 0 Å². The van der Waals surface area contributed by atoms with E-state index in [1.54, 1.807) is 31.2 Å². The molecule has 2 heterocycles. The zero-order valence-corrected chi connectivity index (χ0v) is 15.0. The fourth-order valence-electron chi connectivity index (χ4n) is 3.01. The number of hydrogen-bond acceptors (Lipinski definition) is 7. The van der Waals surface area contributed by atoms with Crippen LogP contribution in [0.3, 0.4) is 0 Å². The minimum Gasteiger partial charge on any atom is -0.392 e. The lowest BCUT2D eigenvalue weighted by molar-refractivity contribution is 0.0699. The maximum atomic E-state index is 13.0. The first kappa shape index (κ1) is 17.9. The molecule has 1 aliphatic heterocycles. The highest BCUT2D eigenvalue weighted by Crippen LogP contribution is 2.22. The molecule has 2 aromatic rings. The van der Waals surface area contributed by atoms with Gasteiger partial charge in [-0.3, -0.25) is 4.90 Å². The van der Waals surface area contributed by atoms with Crippen LogP contribution in [0.1, 0.15) is 13.8 Å². The van der Waals surface area contributed by atoms with Crippen LogP contribution < -0.4 is 0 Å². The van der Waals surface area contributed by atoms with Crippen molar-refractivity contribution in [3.05, 3.63) is 30.6 Å². The predicted octanol–water partition coefficient (Wildman–Crippen LogP) is -0.262. The molecule has 1 fully saturated rings. The highest BCUT2D eigenvalue weighted by Gasteiger charge is 2.32. The maximum absolute atomic E-state index is 13.0. The maximum Gasteiger partial charge on any atom is 0.243 e. The molecule has 1 aromatic heterocycles. The fourth-order valence-corrected chi connectivity index (χ4v) is 4.56. The van der Waals surface area contributed by atoms with Crippen molar-refractivity contribution in [3.63, 3.8) is 0 Å². The second-order valence-electron chi connectivity index (χ2n) is 6.31. The first-order valence-corrected chi connectivity index (χ1v) is 9.57. The summed E-state index contributed by atoms with van der Waals surface area (Å²) < 4.78 is 28.9. The van der Waals surface area contributed by atoms with Gasteiger partial charge < -0.3 is 5.11 Å². The number of rotatable bonds is 5. The summed E-state index contributed by atoms with van der Waals surface area (Å²) in [5, 5.41) is 20.5. The van der Waals surface area contributed by atoms with E-state index in [4.69, 9.17) is 0 Å². The molecule has 2 atom stereocenters. The number of piperazine rings is 1. The van der Waals surface area contributed by atoms with Gasteiger partial charge in [0.25, 0.3) is 0 Å². The Morgan fingerprint density at radius 3 is 2.80 bits per heavy atom. The molecule has 0 bridgehead atoms. The van der Waals surface area contributed by atoms with Gasteiger partial charge in [0.2, 0.25) is 10.0 Å². The summed E-state index contributed by atoms with van der Waals surface area (Å²) in [6.07, 6.45) is 0.987. The summed E-state index contributed by atoms with van der Waals surface area (Å²) in [5.74, 6) is 0. The Hall–Kier alpha value is -1.88. The molecular formula is C15H22N6O3S. The van der Waals surface area contributed by atoms with Gasteiger partial charge in [-0.25, -0.2) is 13.1 Å². The number of aromatic nitrogens is 4. The Kier molecular flexibility index (Phi) is 5.13. The van der Waals surface area contributed by atoms with Crippen LogP contribution in [0.2, 0.25) is 0 Å². The molecule has 25 heavy (non-hydrogen) atoms. The summed E-state index contributed by atoms with van der Waals surface area (Å²) in [5.41, 5.74) is 0.590. The zero-order valence-electron chi connectivity index (χ0n) is 14.2. The van der Waals surface area contributed by atoms with Gasteiger partial charge in [0, 0.05) is 32.2 Å². The molecule has 9 nitrogen and oxygen atoms in total. The van der Waals surface area contributed by atoms with Crippen molar-refractivity contribution >= 4 is 10.0 Å².